The number of carbonyl (C=O) groups is 1. The Bertz CT molecular complexity index is 355. The fourth-order valence-corrected chi connectivity index (χ4v) is 1.30. The van der Waals surface area contributed by atoms with E-state index in [9.17, 15) is 9.18 Å². The van der Waals surface area contributed by atoms with Gasteiger partial charge in [-0.3, -0.25) is 4.79 Å². The average Bonchev–Trinajstić information content (AvgIpc) is 2.30. The number of rotatable bonds is 5. The van der Waals surface area contributed by atoms with Crippen molar-refractivity contribution >= 4 is 5.91 Å². The van der Waals surface area contributed by atoms with Crippen LogP contribution in [0.4, 0.5) is 4.39 Å². The molecule has 0 saturated heterocycles. The highest BCUT2D eigenvalue weighted by Gasteiger charge is 2.09. The number of halogens is 1. The number of amides is 1. The Balaban J connectivity index is 2.36. The maximum atomic E-state index is 13.2. The van der Waals surface area contributed by atoms with Crippen molar-refractivity contribution < 1.29 is 9.18 Å². The van der Waals surface area contributed by atoms with Crippen molar-refractivity contribution in [1.82, 2.24) is 5.32 Å². The van der Waals surface area contributed by atoms with Gasteiger partial charge in [0.2, 0.25) is 5.91 Å². The molecule has 3 N–H and O–H groups in total. The number of hydrogen-bond acceptors (Lipinski definition) is 2. The molecular weight excluding hydrogens is 207 g/mol. The molecule has 0 radical (unpaired) electrons. The summed E-state index contributed by atoms with van der Waals surface area (Å²) in [6, 6.07) is 6.56. The van der Waals surface area contributed by atoms with E-state index in [1.165, 1.54) is 6.07 Å². The summed E-state index contributed by atoms with van der Waals surface area (Å²) in [7, 11) is 0. The van der Waals surface area contributed by atoms with Crippen LogP contribution in [-0.4, -0.2) is 19.0 Å². The van der Waals surface area contributed by atoms with Crippen molar-refractivity contribution in [3.8, 4) is 0 Å². The van der Waals surface area contributed by atoms with Crippen molar-refractivity contribution in [3.05, 3.63) is 35.6 Å². The fourth-order valence-electron chi connectivity index (χ4n) is 1.30. The largest absolute Gasteiger partial charge is 0.355 e. The molecule has 88 valence electrons. The van der Waals surface area contributed by atoms with Gasteiger partial charge in [0.15, 0.2) is 0 Å². The lowest BCUT2D eigenvalue weighted by Gasteiger charge is -2.09. The second kappa shape index (κ2) is 6.23. The summed E-state index contributed by atoms with van der Waals surface area (Å²) >= 11 is 0. The van der Waals surface area contributed by atoms with Gasteiger partial charge in [0.1, 0.15) is 5.82 Å². The van der Waals surface area contributed by atoms with Crippen molar-refractivity contribution in [2.24, 2.45) is 11.7 Å². The van der Waals surface area contributed by atoms with E-state index in [0.29, 0.717) is 25.1 Å². The highest BCUT2D eigenvalue weighted by Crippen LogP contribution is 2.06. The molecule has 0 aliphatic carbocycles. The first-order valence-electron chi connectivity index (χ1n) is 5.36. The van der Waals surface area contributed by atoms with E-state index >= 15 is 0 Å². The van der Waals surface area contributed by atoms with Crippen molar-refractivity contribution in [1.29, 1.82) is 0 Å². The predicted octanol–water partition coefficient (Wildman–Crippen LogP) is 1.08. The minimum absolute atomic E-state index is 0.0844. The van der Waals surface area contributed by atoms with E-state index in [-0.39, 0.29) is 17.6 Å². The van der Waals surface area contributed by atoms with Gasteiger partial charge in [-0.05, 0) is 18.1 Å². The summed E-state index contributed by atoms with van der Waals surface area (Å²) in [5, 5.41) is 2.72. The molecule has 0 aromatic heterocycles. The Labute approximate surface area is 94.8 Å². The van der Waals surface area contributed by atoms with Crippen LogP contribution in [0.3, 0.4) is 0 Å². The van der Waals surface area contributed by atoms with Crippen molar-refractivity contribution in [2.45, 2.75) is 13.3 Å². The molecule has 0 saturated carbocycles. The molecular formula is C12H17FN2O. The smallest absolute Gasteiger partial charge is 0.224 e. The normalized spacial score (nSPS) is 12.2. The van der Waals surface area contributed by atoms with E-state index < -0.39 is 0 Å². The Morgan fingerprint density at radius 1 is 1.50 bits per heavy atom. The monoisotopic (exact) mass is 224 g/mol. The summed E-state index contributed by atoms with van der Waals surface area (Å²) in [4.78, 5) is 11.4. The third kappa shape index (κ3) is 3.62. The van der Waals surface area contributed by atoms with Crippen LogP contribution in [0.15, 0.2) is 24.3 Å². The summed E-state index contributed by atoms with van der Waals surface area (Å²) in [6.45, 7) is 2.52. The third-order valence-corrected chi connectivity index (χ3v) is 2.45. The van der Waals surface area contributed by atoms with Crippen LogP contribution in [0.1, 0.15) is 12.5 Å². The predicted molar refractivity (Wildman–Crippen MR) is 61.3 cm³/mol. The van der Waals surface area contributed by atoms with Gasteiger partial charge in [-0.25, -0.2) is 4.39 Å². The average molecular weight is 224 g/mol. The zero-order valence-electron chi connectivity index (χ0n) is 9.37. The van der Waals surface area contributed by atoms with Crippen LogP contribution in [0.2, 0.25) is 0 Å². The van der Waals surface area contributed by atoms with Gasteiger partial charge < -0.3 is 11.1 Å². The molecule has 0 aliphatic rings. The van der Waals surface area contributed by atoms with Gasteiger partial charge in [-0.1, -0.05) is 25.1 Å². The zero-order valence-corrected chi connectivity index (χ0v) is 9.37. The van der Waals surface area contributed by atoms with Crippen LogP contribution in [0.25, 0.3) is 0 Å². The summed E-state index contributed by atoms with van der Waals surface area (Å²) in [5.74, 6) is -0.511. The van der Waals surface area contributed by atoms with Gasteiger partial charge >= 0.3 is 0 Å². The molecule has 0 fully saturated rings. The number of nitrogens with two attached hydrogens (primary N) is 1. The molecule has 1 rings (SSSR count). The lowest BCUT2D eigenvalue weighted by Crippen LogP contribution is -2.34. The SMILES string of the molecule is CC(CN)C(=O)NCCc1ccccc1F. The maximum absolute atomic E-state index is 13.2. The molecule has 1 amide bonds. The second-order valence-electron chi connectivity index (χ2n) is 3.77. The molecule has 1 aromatic rings. The van der Waals surface area contributed by atoms with Crippen LogP contribution in [-0.2, 0) is 11.2 Å². The quantitative estimate of drug-likeness (QED) is 0.786. The zero-order chi connectivity index (χ0) is 12.0. The minimum atomic E-state index is -0.233. The van der Waals surface area contributed by atoms with Crippen LogP contribution < -0.4 is 11.1 Å². The van der Waals surface area contributed by atoms with E-state index in [1.54, 1.807) is 25.1 Å². The van der Waals surface area contributed by atoms with Gasteiger partial charge in [0.05, 0.1) is 0 Å². The number of benzene rings is 1. The number of nitrogens with one attached hydrogen (secondary N) is 1. The molecule has 1 atom stereocenters. The first-order valence-corrected chi connectivity index (χ1v) is 5.36. The lowest BCUT2D eigenvalue weighted by atomic mass is 10.1. The first kappa shape index (κ1) is 12.6. The molecule has 1 unspecified atom stereocenters. The van der Waals surface area contributed by atoms with E-state index in [1.807, 2.05) is 0 Å². The number of carbonyl (C=O) groups excluding carboxylic acids is 1. The summed E-state index contributed by atoms with van der Waals surface area (Å²) in [5.41, 5.74) is 5.97. The molecule has 3 nitrogen and oxygen atoms in total. The molecule has 0 heterocycles. The molecule has 1 aromatic carbocycles. The topological polar surface area (TPSA) is 55.1 Å². The lowest BCUT2D eigenvalue weighted by molar-refractivity contribution is -0.124. The molecule has 0 aliphatic heterocycles. The Kier molecular flexibility index (Phi) is 4.92. The molecule has 16 heavy (non-hydrogen) atoms. The summed E-state index contributed by atoms with van der Waals surface area (Å²) in [6.07, 6.45) is 0.496. The van der Waals surface area contributed by atoms with Gasteiger partial charge in [0.25, 0.3) is 0 Å². The van der Waals surface area contributed by atoms with Gasteiger partial charge in [-0.2, -0.15) is 0 Å². The van der Waals surface area contributed by atoms with Gasteiger partial charge in [-0.15, -0.1) is 0 Å². The maximum Gasteiger partial charge on any atom is 0.224 e. The highest BCUT2D eigenvalue weighted by molar-refractivity contribution is 5.78. The van der Waals surface area contributed by atoms with E-state index in [0.717, 1.165) is 0 Å². The standard InChI is InChI=1S/C12H17FN2O/c1-9(8-14)12(16)15-7-6-10-4-2-3-5-11(10)13/h2-5,9H,6-8,14H2,1H3,(H,15,16). The third-order valence-electron chi connectivity index (χ3n) is 2.45. The second-order valence-corrected chi connectivity index (χ2v) is 3.77. The van der Waals surface area contributed by atoms with E-state index in [2.05, 4.69) is 5.32 Å². The van der Waals surface area contributed by atoms with Crippen molar-refractivity contribution in [3.63, 3.8) is 0 Å². The molecule has 0 bridgehead atoms. The van der Waals surface area contributed by atoms with Gasteiger partial charge in [0, 0.05) is 19.0 Å². The molecule has 0 spiro atoms. The first-order chi connectivity index (χ1) is 7.65. The highest BCUT2D eigenvalue weighted by atomic mass is 19.1. The van der Waals surface area contributed by atoms with Crippen LogP contribution >= 0.6 is 0 Å². The Morgan fingerprint density at radius 3 is 2.81 bits per heavy atom. The van der Waals surface area contributed by atoms with Crippen LogP contribution in [0, 0.1) is 11.7 Å². The Morgan fingerprint density at radius 2 is 2.19 bits per heavy atom. The number of hydrogen-bond donors (Lipinski definition) is 2. The van der Waals surface area contributed by atoms with Crippen molar-refractivity contribution in [2.75, 3.05) is 13.1 Å². The summed E-state index contributed by atoms with van der Waals surface area (Å²) < 4.78 is 13.2. The van der Waals surface area contributed by atoms with E-state index in [4.69, 9.17) is 5.73 Å². The van der Waals surface area contributed by atoms with Crippen LogP contribution in [0.5, 0.6) is 0 Å². The fraction of sp³-hybridized carbons (Fsp3) is 0.417. The minimum Gasteiger partial charge on any atom is -0.355 e. The Hall–Kier alpha value is -1.42. The molecule has 4 heteroatoms.